The molecule has 2 fully saturated rings. The van der Waals surface area contributed by atoms with Gasteiger partial charge in [0, 0.05) is 6.61 Å². The first-order chi connectivity index (χ1) is 7.52. The molecular weight excluding hydrogens is 200 g/mol. The van der Waals surface area contributed by atoms with Crippen LogP contribution < -0.4 is 0 Å². The maximum absolute atomic E-state index is 6.05. The van der Waals surface area contributed by atoms with Crippen LogP contribution in [0.25, 0.3) is 0 Å². The Balaban J connectivity index is 1.89. The Morgan fingerprint density at radius 1 is 1.19 bits per heavy atom. The molecular formula is C14H26O2. The van der Waals surface area contributed by atoms with Crippen molar-refractivity contribution in [2.24, 2.45) is 16.7 Å². The van der Waals surface area contributed by atoms with Gasteiger partial charge in [0.05, 0.1) is 19.3 Å². The van der Waals surface area contributed by atoms with E-state index < -0.39 is 0 Å². The Hall–Kier alpha value is -0.0800. The maximum Gasteiger partial charge on any atom is 0.0704 e. The quantitative estimate of drug-likeness (QED) is 0.670. The summed E-state index contributed by atoms with van der Waals surface area (Å²) in [6.45, 7) is 11.6. The first kappa shape index (κ1) is 12.4. The number of hydrogen-bond donors (Lipinski definition) is 0. The zero-order valence-electron chi connectivity index (χ0n) is 11.2. The molecule has 2 aliphatic carbocycles. The van der Waals surface area contributed by atoms with Crippen molar-refractivity contribution in [2.75, 3.05) is 19.8 Å². The molecule has 2 heteroatoms. The molecule has 0 radical (unpaired) electrons. The van der Waals surface area contributed by atoms with E-state index in [1.54, 1.807) is 0 Å². The van der Waals surface area contributed by atoms with Crippen LogP contribution in [0.4, 0.5) is 0 Å². The number of hydrogen-bond acceptors (Lipinski definition) is 2. The lowest BCUT2D eigenvalue weighted by Gasteiger charge is -2.38. The lowest BCUT2D eigenvalue weighted by molar-refractivity contribution is -0.0635. The molecule has 0 spiro atoms. The van der Waals surface area contributed by atoms with E-state index in [0.717, 1.165) is 25.7 Å². The van der Waals surface area contributed by atoms with E-state index in [2.05, 4.69) is 20.8 Å². The van der Waals surface area contributed by atoms with E-state index in [-0.39, 0.29) is 0 Å². The molecule has 0 aromatic rings. The molecule has 2 nitrogen and oxygen atoms in total. The van der Waals surface area contributed by atoms with Gasteiger partial charge in [0.25, 0.3) is 0 Å². The van der Waals surface area contributed by atoms with Crippen molar-refractivity contribution in [1.82, 2.24) is 0 Å². The molecule has 2 bridgehead atoms. The molecule has 0 aliphatic heterocycles. The van der Waals surface area contributed by atoms with E-state index >= 15 is 0 Å². The maximum atomic E-state index is 6.05. The minimum absolute atomic E-state index is 0.393. The molecule has 94 valence electrons. The predicted molar refractivity (Wildman–Crippen MR) is 65.5 cm³/mol. The van der Waals surface area contributed by atoms with Gasteiger partial charge in [-0.25, -0.2) is 0 Å². The smallest absolute Gasteiger partial charge is 0.0704 e. The summed E-state index contributed by atoms with van der Waals surface area (Å²) in [7, 11) is 0. The fourth-order valence-corrected chi connectivity index (χ4v) is 3.78. The standard InChI is InChI=1S/C14H26O2/c1-5-15-8-9-16-12-10-11-6-7-14(12,4)13(11,2)3/h11-12H,5-10H2,1-4H3. The Bertz CT molecular complexity index is 249. The highest BCUT2D eigenvalue weighted by atomic mass is 16.5. The van der Waals surface area contributed by atoms with Gasteiger partial charge < -0.3 is 9.47 Å². The van der Waals surface area contributed by atoms with Gasteiger partial charge in [0.2, 0.25) is 0 Å². The zero-order chi connectivity index (χ0) is 11.8. The monoisotopic (exact) mass is 226 g/mol. The van der Waals surface area contributed by atoms with Crippen LogP contribution in [-0.4, -0.2) is 25.9 Å². The average Bonchev–Trinajstić information content (AvgIpc) is 2.57. The van der Waals surface area contributed by atoms with Crippen LogP contribution in [0, 0.1) is 16.7 Å². The van der Waals surface area contributed by atoms with Crippen molar-refractivity contribution in [1.29, 1.82) is 0 Å². The summed E-state index contributed by atoms with van der Waals surface area (Å²) in [5, 5.41) is 0. The van der Waals surface area contributed by atoms with E-state index in [1.807, 2.05) is 6.92 Å². The second-order valence-electron chi connectivity index (χ2n) is 6.17. The molecule has 0 saturated heterocycles. The van der Waals surface area contributed by atoms with Crippen LogP contribution in [0.5, 0.6) is 0 Å². The number of fused-ring (bicyclic) bond motifs is 2. The van der Waals surface area contributed by atoms with Crippen molar-refractivity contribution in [3.63, 3.8) is 0 Å². The second-order valence-corrected chi connectivity index (χ2v) is 6.17. The molecule has 0 heterocycles. The van der Waals surface area contributed by atoms with Gasteiger partial charge in [-0.05, 0) is 42.9 Å². The van der Waals surface area contributed by atoms with Gasteiger partial charge in [-0.15, -0.1) is 0 Å². The van der Waals surface area contributed by atoms with E-state index in [9.17, 15) is 0 Å². The van der Waals surface area contributed by atoms with Crippen LogP contribution >= 0.6 is 0 Å². The van der Waals surface area contributed by atoms with Crippen LogP contribution in [0.2, 0.25) is 0 Å². The van der Waals surface area contributed by atoms with Crippen molar-refractivity contribution in [3.05, 3.63) is 0 Å². The predicted octanol–water partition coefficient (Wildman–Crippen LogP) is 3.25. The van der Waals surface area contributed by atoms with Gasteiger partial charge in [-0.2, -0.15) is 0 Å². The fourth-order valence-electron chi connectivity index (χ4n) is 3.78. The van der Waals surface area contributed by atoms with Gasteiger partial charge in [0.1, 0.15) is 0 Å². The first-order valence-electron chi connectivity index (χ1n) is 6.71. The Kier molecular flexibility index (Phi) is 3.33. The van der Waals surface area contributed by atoms with Crippen molar-refractivity contribution in [3.8, 4) is 0 Å². The van der Waals surface area contributed by atoms with Gasteiger partial charge in [-0.1, -0.05) is 20.8 Å². The molecule has 16 heavy (non-hydrogen) atoms. The summed E-state index contributed by atoms with van der Waals surface area (Å²) in [5.74, 6) is 0.870. The lowest BCUT2D eigenvalue weighted by Crippen LogP contribution is -2.37. The molecule has 2 aliphatic rings. The van der Waals surface area contributed by atoms with Crippen LogP contribution in [0.3, 0.4) is 0 Å². The fraction of sp³-hybridized carbons (Fsp3) is 1.00. The summed E-state index contributed by atoms with van der Waals surface area (Å²) in [6, 6.07) is 0. The third-order valence-electron chi connectivity index (χ3n) is 5.46. The summed E-state index contributed by atoms with van der Waals surface area (Å²) in [5.41, 5.74) is 0.854. The summed E-state index contributed by atoms with van der Waals surface area (Å²) in [4.78, 5) is 0. The molecule has 2 rings (SSSR count). The molecule has 3 atom stereocenters. The highest BCUT2D eigenvalue weighted by molar-refractivity contribution is 5.11. The second kappa shape index (κ2) is 4.30. The molecule has 0 aromatic heterocycles. The highest BCUT2D eigenvalue weighted by Gasteiger charge is 2.61. The molecule has 0 amide bonds. The Morgan fingerprint density at radius 2 is 1.94 bits per heavy atom. The molecule has 2 saturated carbocycles. The molecule has 0 N–H and O–H groups in total. The largest absolute Gasteiger partial charge is 0.379 e. The minimum atomic E-state index is 0.393. The van der Waals surface area contributed by atoms with Crippen molar-refractivity contribution in [2.45, 2.75) is 53.1 Å². The zero-order valence-corrected chi connectivity index (χ0v) is 11.2. The van der Waals surface area contributed by atoms with Crippen LogP contribution in [-0.2, 0) is 9.47 Å². The third kappa shape index (κ3) is 1.70. The highest BCUT2D eigenvalue weighted by Crippen LogP contribution is 2.66. The molecule has 3 unspecified atom stereocenters. The summed E-state index contributed by atoms with van der Waals surface area (Å²) >= 11 is 0. The van der Waals surface area contributed by atoms with Gasteiger partial charge >= 0.3 is 0 Å². The summed E-state index contributed by atoms with van der Waals surface area (Å²) < 4.78 is 11.4. The van der Waals surface area contributed by atoms with E-state index in [0.29, 0.717) is 16.9 Å². The van der Waals surface area contributed by atoms with E-state index in [1.165, 1.54) is 19.3 Å². The lowest BCUT2D eigenvalue weighted by atomic mass is 9.70. The first-order valence-corrected chi connectivity index (χ1v) is 6.71. The minimum Gasteiger partial charge on any atom is -0.379 e. The molecule has 0 aromatic carbocycles. The van der Waals surface area contributed by atoms with E-state index in [4.69, 9.17) is 9.47 Å². The SMILES string of the molecule is CCOCCOC1CC2CCC1(C)C2(C)C. The van der Waals surface area contributed by atoms with Crippen LogP contribution in [0.1, 0.15) is 47.0 Å². The van der Waals surface area contributed by atoms with Crippen molar-refractivity contribution >= 4 is 0 Å². The van der Waals surface area contributed by atoms with Crippen LogP contribution in [0.15, 0.2) is 0 Å². The number of rotatable bonds is 5. The summed E-state index contributed by atoms with van der Waals surface area (Å²) in [6.07, 6.45) is 4.45. The van der Waals surface area contributed by atoms with Gasteiger partial charge in [0.15, 0.2) is 0 Å². The normalized spacial score (nSPS) is 40.5. The third-order valence-corrected chi connectivity index (χ3v) is 5.46. The van der Waals surface area contributed by atoms with Gasteiger partial charge in [-0.3, -0.25) is 0 Å². The number of ether oxygens (including phenoxy) is 2. The van der Waals surface area contributed by atoms with Crippen molar-refractivity contribution < 1.29 is 9.47 Å². The average molecular weight is 226 g/mol. The Morgan fingerprint density at radius 3 is 2.44 bits per heavy atom. The Labute approximate surface area is 99.7 Å². The topological polar surface area (TPSA) is 18.5 Å².